The SMILES string of the molecule is C[C@H](OC(=O)c1ccc(NS(=O)(=O)c2ccc(F)c(F)c2)cc1)C(=O)Nc1cccc(C(F)(F)F)c1. The molecule has 0 saturated carbocycles. The van der Waals surface area contributed by atoms with Crippen LogP contribution in [0.5, 0.6) is 0 Å². The smallest absolute Gasteiger partial charge is 0.416 e. The number of esters is 1. The van der Waals surface area contributed by atoms with Gasteiger partial charge in [-0.05, 0) is 67.6 Å². The van der Waals surface area contributed by atoms with Crippen LogP contribution in [0.1, 0.15) is 22.8 Å². The van der Waals surface area contributed by atoms with E-state index in [0.29, 0.717) is 12.1 Å². The van der Waals surface area contributed by atoms with E-state index in [0.717, 1.165) is 24.3 Å². The zero-order valence-corrected chi connectivity index (χ0v) is 19.1. The average molecular weight is 528 g/mol. The fraction of sp³-hybridized carbons (Fsp3) is 0.130. The minimum absolute atomic E-state index is 0.00776. The molecular weight excluding hydrogens is 511 g/mol. The van der Waals surface area contributed by atoms with Crippen LogP contribution in [0.2, 0.25) is 0 Å². The molecule has 0 bridgehead atoms. The van der Waals surface area contributed by atoms with Crippen LogP contribution in [0.15, 0.2) is 71.6 Å². The van der Waals surface area contributed by atoms with Crippen molar-refractivity contribution in [3.63, 3.8) is 0 Å². The molecule has 0 aliphatic rings. The van der Waals surface area contributed by atoms with Gasteiger partial charge in [-0.15, -0.1) is 0 Å². The zero-order chi connectivity index (χ0) is 26.7. The van der Waals surface area contributed by atoms with E-state index < -0.39 is 56.3 Å². The number of amides is 1. The first kappa shape index (κ1) is 26.6. The van der Waals surface area contributed by atoms with E-state index >= 15 is 0 Å². The van der Waals surface area contributed by atoms with Gasteiger partial charge in [0.2, 0.25) is 0 Å². The Bertz CT molecular complexity index is 1390. The molecule has 190 valence electrons. The molecule has 0 unspecified atom stereocenters. The van der Waals surface area contributed by atoms with Crippen LogP contribution in [0.4, 0.5) is 33.3 Å². The highest BCUT2D eigenvalue weighted by molar-refractivity contribution is 7.92. The molecule has 1 amide bonds. The molecule has 0 saturated heterocycles. The van der Waals surface area contributed by atoms with Gasteiger partial charge in [-0.1, -0.05) is 6.07 Å². The highest BCUT2D eigenvalue weighted by Crippen LogP contribution is 2.30. The Balaban J connectivity index is 1.62. The summed E-state index contributed by atoms with van der Waals surface area (Å²) in [4.78, 5) is 24.0. The van der Waals surface area contributed by atoms with Crippen molar-refractivity contribution in [2.24, 2.45) is 0 Å². The second-order valence-electron chi connectivity index (χ2n) is 7.37. The van der Waals surface area contributed by atoms with Gasteiger partial charge in [0.1, 0.15) is 0 Å². The Labute approximate surface area is 201 Å². The molecule has 1 atom stereocenters. The summed E-state index contributed by atoms with van der Waals surface area (Å²) in [6.45, 7) is 1.21. The van der Waals surface area contributed by atoms with Gasteiger partial charge in [-0.25, -0.2) is 22.0 Å². The number of rotatable bonds is 7. The maximum atomic E-state index is 13.3. The molecule has 2 N–H and O–H groups in total. The Morgan fingerprint density at radius 1 is 0.889 bits per heavy atom. The quantitative estimate of drug-likeness (QED) is 0.333. The Morgan fingerprint density at radius 2 is 1.56 bits per heavy atom. The van der Waals surface area contributed by atoms with Gasteiger partial charge in [0.05, 0.1) is 16.0 Å². The molecule has 0 fully saturated rings. The second-order valence-corrected chi connectivity index (χ2v) is 9.06. The van der Waals surface area contributed by atoms with Gasteiger partial charge >= 0.3 is 12.1 Å². The van der Waals surface area contributed by atoms with E-state index in [1.165, 1.54) is 37.3 Å². The number of sulfonamides is 1. The fourth-order valence-electron chi connectivity index (χ4n) is 2.83. The molecule has 13 heteroatoms. The number of halogens is 5. The number of nitrogens with one attached hydrogen (secondary N) is 2. The van der Waals surface area contributed by atoms with Gasteiger partial charge in [-0.2, -0.15) is 13.2 Å². The summed E-state index contributed by atoms with van der Waals surface area (Å²) in [5.74, 6) is -4.40. The molecule has 36 heavy (non-hydrogen) atoms. The molecule has 0 aromatic heterocycles. The monoisotopic (exact) mass is 528 g/mol. The molecule has 0 aliphatic heterocycles. The molecule has 3 aromatic rings. The first-order valence-electron chi connectivity index (χ1n) is 10.0. The van der Waals surface area contributed by atoms with Crippen molar-refractivity contribution in [1.82, 2.24) is 0 Å². The molecule has 0 spiro atoms. The van der Waals surface area contributed by atoms with Crippen molar-refractivity contribution >= 4 is 33.3 Å². The van der Waals surface area contributed by atoms with Gasteiger partial charge in [0, 0.05) is 11.4 Å². The number of benzene rings is 3. The lowest BCUT2D eigenvalue weighted by atomic mass is 10.2. The second kappa shape index (κ2) is 10.3. The topological polar surface area (TPSA) is 102 Å². The van der Waals surface area contributed by atoms with Gasteiger partial charge in [-0.3, -0.25) is 9.52 Å². The van der Waals surface area contributed by atoms with Crippen LogP contribution in [-0.4, -0.2) is 26.4 Å². The first-order chi connectivity index (χ1) is 16.8. The molecule has 0 heterocycles. The van der Waals surface area contributed by atoms with Crippen LogP contribution in [-0.2, 0) is 25.7 Å². The lowest BCUT2D eigenvalue weighted by molar-refractivity contribution is -0.137. The summed E-state index contributed by atoms with van der Waals surface area (Å²) < 4.78 is 96.6. The summed E-state index contributed by atoms with van der Waals surface area (Å²) in [5.41, 5.74) is -1.18. The largest absolute Gasteiger partial charge is 0.449 e. The molecular formula is C23H17F5N2O5S. The summed E-state index contributed by atoms with van der Waals surface area (Å²) in [7, 11) is -4.25. The Kier molecular flexibility index (Phi) is 7.62. The van der Waals surface area contributed by atoms with E-state index in [2.05, 4.69) is 10.0 Å². The lowest BCUT2D eigenvalue weighted by Gasteiger charge is -2.15. The third-order valence-corrected chi connectivity index (χ3v) is 6.06. The minimum atomic E-state index is -4.60. The van der Waals surface area contributed by atoms with Crippen molar-refractivity contribution < 1.29 is 44.7 Å². The van der Waals surface area contributed by atoms with Crippen LogP contribution in [0.3, 0.4) is 0 Å². The van der Waals surface area contributed by atoms with Crippen molar-refractivity contribution in [3.8, 4) is 0 Å². The normalized spacial score (nSPS) is 12.5. The maximum Gasteiger partial charge on any atom is 0.416 e. The molecule has 0 aliphatic carbocycles. The fourth-order valence-corrected chi connectivity index (χ4v) is 3.90. The maximum absolute atomic E-state index is 13.3. The molecule has 0 radical (unpaired) electrons. The van der Waals surface area contributed by atoms with E-state index in [4.69, 9.17) is 4.74 Å². The highest BCUT2D eigenvalue weighted by atomic mass is 32.2. The van der Waals surface area contributed by atoms with Crippen LogP contribution in [0.25, 0.3) is 0 Å². The Hall–Kier alpha value is -4.00. The predicted octanol–water partition coefficient (Wildman–Crippen LogP) is 4.97. The number of anilines is 2. The molecule has 7 nitrogen and oxygen atoms in total. The molecule has 3 rings (SSSR count). The van der Waals surface area contributed by atoms with Crippen LogP contribution in [0, 0.1) is 11.6 Å². The highest BCUT2D eigenvalue weighted by Gasteiger charge is 2.30. The van der Waals surface area contributed by atoms with Crippen molar-refractivity contribution in [2.45, 2.75) is 24.1 Å². The van der Waals surface area contributed by atoms with Crippen molar-refractivity contribution in [1.29, 1.82) is 0 Å². The molecule has 3 aromatic carbocycles. The Morgan fingerprint density at radius 3 is 2.17 bits per heavy atom. The first-order valence-corrected chi connectivity index (χ1v) is 11.5. The summed E-state index contributed by atoms with van der Waals surface area (Å²) in [5, 5.41) is 2.23. The summed E-state index contributed by atoms with van der Waals surface area (Å²) >= 11 is 0. The van der Waals surface area contributed by atoms with E-state index in [9.17, 15) is 40.0 Å². The van der Waals surface area contributed by atoms with E-state index in [1.807, 2.05) is 0 Å². The lowest BCUT2D eigenvalue weighted by Crippen LogP contribution is -2.30. The number of carbonyl (C=O) groups is 2. The zero-order valence-electron chi connectivity index (χ0n) is 18.3. The average Bonchev–Trinajstić information content (AvgIpc) is 2.80. The number of hydrogen-bond acceptors (Lipinski definition) is 5. The standard InChI is InChI=1S/C23H17F5N2O5S/c1-13(21(31)29-17-4-2-3-15(11-17)23(26,27)28)35-22(32)14-5-7-16(8-6-14)30-36(33,34)18-9-10-19(24)20(25)12-18/h2-13,30H,1H3,(H,29,31)/t13-/m0/s1. The summed E-state index contributed by atoms with van der Waals surface area (Å²) in [6, 6.07) is 10.7. The van der Waals surface area contributed by atoms with Crippen LogP contribution >= 0.6 is 0 Å². The number of alkyl halides is 3. The third-order valence-electron chi connectivity index (χ3n) is 4.68. The van der Waals surface area contributed by atoms with Gasteiger partial charge in [0.15, 0.2) is 17.7 Å². The predicted molar refractivity (Wildman–Crippen MR) is 119 cm³/mol. The summed E-state index contributed by atoms with van der Waals surface area (Å²) in [6.07, 6.45) is -5.98. The minimum Gasteiger partial charge on any atom is -0.449 e. The number of ether oxygens (including phenoxy) is 1. The number of carbonyl (C=O) groups excluding carboxylic acids is 2. The van der Waals surface area contributed by atoms with Gasteiger partial charge in [0.25, 0.3) is 15.9 Å². The van der Waals surface area contributed by atoms with Gasteiger partial charge < -0.3 is 10.1 Å². The number of hydrogen-bond donors (Lipinski definition) is 2. The van der Waals surface area contributed by atoms with E-state index in [1.54, 1.807) is 0 Å². The van der Waals surface area contributed by atoms with E-state index in [-0.39, 0.29) is 16.9 Å². The third kappa shape index (κ3) is 6.56. The van der Waals surface area contributed by atoms with Crippen LogP contribution < -0.4 is 10.0 Å². The van der Waals surface area contributed by atoms with Crippen molar-refractivity contribution in [3.05, 3.63) is 89.5 Å². The van der Waals surface area contributed by atoms with Crippen molar-refractivity contribution in [2.75, 3.05) is 10.0 Å².